The molecule has 0 spiro atoms. The summed E-state index contributed by atoms with van der Waals surface area (Å²) in [6, 6.07) is 12.9. The van der Waals surface area contributed by atoms with E-state index in [1.54, 1.807) is 0 Å². The van der Waals surface area contributed by atoms with Crippen LogP contribution in [0.1, 0.15) is 35.6 Å². The molecule has 1 aromatic heterocycles. The zero-order valence-electron chi connectivity index (χ0n) is 12.1. The Labute approximate surface area is 130 Å². The third-order valence-corrected chi connectivity index (χ3v) is 4.05. The van der Waals surface area contributed by atoms with Gasteiger partial charge in [-0.05, 0) is 61.2 Å². The molecule has 3 nitrogen and oxygen atoms in total. The predicted molar refractivity (Wildman–Crippen MR) is 90.5 cm³/mol. The van der Waals surface area contributed by atoms with Crippen molar-refractivity contribution in [3.05, 3.63) is 59.3 Å². The smallest absolute Gasteiger partial charge is 0.172 e. The van der Waals surface area contributed by atoms with Gasteiger partial charge in [0.2, 0.25) is 0 Å². The summed E-state index contributed by atoms with van der Waals surface area (Å²) in [6.45, 7) is 2.02. The lowest BCUT2D eigenvalue weighted by Crippen LogP contribution is -2.34. The fourth-order valence-electron chi connectivity index (χ4n) is 2.76. The molecule has 0 aliphatic heterocycles. The number of rotatable bonds is 2. The zero-order valence-corrected chi connectivity index (χ0v) is 12.9. The number of fused-ring (bicyclic) bond motifs is 1. The quantitative estimate of drug-likeness (QED) is 0.828. The van der Waals surface area contributed by atoms with E-state index in [0.29, 0.717) is 11.2 Å². The highest BCUT2D eigenvalue weighted by Crippen LogP contribution is 2.29. The molecule has 0 saturated heterocycles. The Morgan fingerprint density at radius 2 is 2.10 bits per heavy atom. The number of nitrogens with zero attached hydrogens (tertiary/aromatic N) is 1. The minimum Gasteiger partial charge on any atom is -0.356 e. The van der Waals surface area contributed by atoms with E-state index in [-0.39, 0.29) is 0 Å². The van der Waals surface area contributed by atoms with Crippen molar-refractivity contribution in [1.82, 2.24) is 10.3 Å². The van der Waals surface area contributed by atoms with Gasteiger partial charge in [-0.2, -0.15) is 0 Å². The first-order valence-corrected chi connectivity index (χ1v) is 7.71. The van der Waals surface area contributed by atoms with E-state index >= 15 is 0 Å². The van der Waals surface area contributed by atoms with Crippen LogP contribution < -0.4 is 10.6 Å². The van der Waals surface area contributed by atoms with Crippen LogP contribution >= 0.6 is 12.2 Å². The fourth-order valence-corrected chi connectivity index (χ4v) is 3.00. The topological polar surface area (TPSA) is 37.0 Å². The summed E-state index contributed by atoms with van der Waals surface area (Å²) < 4.78 is 0. The minimum absolute atomic E-state index is 0.292. The lowest BCUT2D eigenvalue weighted by Gasteiger charge is -2.27. The molecule has 2 N–H and O–H groups in total. The van der Waals surface area contributed by atoms with Gasteiger partial charge in [-0.15, -0.1) is 0 Å². The largest absolute Gasteiger partial charge is 0.356 e. The number of aromatic nitrogens is 1. The van der Waals surface area contributed by atoms with Gasteiger partial charge in [0.05, 0.1) is 6.04 Å². The molecule has 0 unspecified atom stereocenters. The Hall–Kier alpha value is -1.94. The highest BCUT2D eigenvalue weighted by Gasteiger charge is 2.20. The van der Waals surface area contributed by atoms with Crippen molar-refractivity contribution in [2.45, 2.75) is 32.2 Å². The molecule has 108 valence electrons. The van der Waals surface area contributed by atoms with E-state index in [1.165, 1.54) is 17.5 Å². The average molecular weight is 297 g/mol. The Kier molecular flexibility index (Phi) is 4.15. The Balaban J connectivity index is 1.67. The van der Waals surface area contributed by atoms with E-state index in [4.69, 9.17) is 12.2 Å². The van der Waals surface area contributed by atoms with E-state index in [0.717, 1.165) is 24.2 Å². The number of pyridine rings is 1. The monoisotopic (exact) mass is 297 g/mol. The van der Waals surface area contributed by atoms with Crippen molar-refractivity contribution >= 4 is 23.1 Å². The van der Waals surface area contributed by atoms with Crippen LogP contribution in [0.5, 0.6) is 0 Å². The van der Waals surface area contributed by atoms with Gasteiger partial charge in [0.25, 0.3) is 0 Å². The summed E-state index contributed by atoms with van der Waals surface area (Å²) in [6.07, 6.45) is 5.30. The number of benzene rings is 1. The molecule has 1 aromatic carbocycles. The van der Waals surface area contributed by atoms with Gasteiger partial charge in [0.1, 0.15) is 5.82 Å². The Morgan fingerprint density at radius 3 is 2.90 bits per heavy atom. The van der Waals surface area contributed by atoms with Crippen molar-refractivity contribution in [2.75, 3.05) is 5.32 Å². The highest BCUT2D eigenvalue weighted by molar-refractivity contribution is 7.80. The third kappa shape index (κ3) is 3.39. The second-order valence-corrected chi connectivity index (χ2v) is 5.87. The SMILES string of the molecule is Cc1ccc(NC(=S)N[C@@H]2CCCc3ccccc32)nc1. The van der Waals surface area contributed by atoms with Gasteiger partial charge in [0, 0.05) is 6.20 Å². The molecule has 21 heavy (non-hydrogen) atoms. The van der Waals surface area contributed by atoms with E-state index in [2.05, 4.69) is 39.9 Å². The number of anilines is 1. The molecule has 0 amide bonds. The number of hydrogen-bond donors (Lipinski definition) is 2. The summed E-state index contributed by atoms with van der Waals surface area (Å²) in [5.74, 6) is 0.780. The molecule has 0 radical (unpaired) electrons. The average Bonchev–Trinajstić information content (AvgIpc) is 2.50. The standard InChI is InChI=1S/C17H19N3S/c1-12-9-10-16(18-11-12)20-17(21)19-15-8-4-6-13-5-2-3-7-14(13)15/h2-3,5,7,9-11,15H,4,6,8H2,1H3,(H2,18,19,20,21)/t15-/m1/s1. The van der Waals surface area contributed by atoms with Gasteiger partial charge in [-0.3, -0.25) is 0 Å². The third-order valence-electron chi connectivity index (χ3n) is 3.83. The minimum atomic E-state index is 0.292. The first kappa shape index (κ1) is 14.0. The van der Waals surface area contributed by atoms with E-state index in [9.17, 15) is 0 Å². The van der Waals surface area contributed by atoms with Gasteiger partial charge >= 0.3 is 0 Å². The normalized spacial score (nSPS) is 16.9. The lowest BCUT2D eigenvalue weighted by atomic mass is 9.88. The first-order chi connectivity index (χ1) is 10.2. The van der Waals surface area contributed by atoms with E-state index in [1.807, 2.05) is 25.3 Å². The van der Waals surface area contributed by atoms with Crippen molar-refractivity contribution in [3.63, 3.8) is 0 Å². The second-order valence-electron chi connectivity index (χ2n) is 5.46. The molecule has 1 aliphatic rings. The van der Waals surface area contributed by atoms with Gasteiger partial charge in [0.15, 0.2) is 5.11 Å². The number of thiocarbonyl (C=S) groups is 1. The molecule has 2 aromatic rings. The number of aryl methyl sites for hydroxylation is 2. The maximum absolute atomic E-state index is 5.42. The first-order valence-electron chi connectivity index (χ1n) is 7.30. The Morgan fingerprint density at radius 1 is 1.24 bits per heavy atom. The van der Waals surface area contributed by atoms with Crippen LogP contribution in [-0.2, 0) is 6.42 Å². The maximum Gasteiger partial charge on any atom is 0.172 e. The summed E-state index contributed by atoms with van der Waals surface area (Å²) in [5.41, 5.74) is 3.93. The molecule has 1 aliphatic carbocycles. The number of hydrogen-bond acceptors (Lipinski definition) is 2. The molecule has 3 rings (SSSR count). The van der Waals surface area contributed by atoms with Crippen LogP contribution in [0.4, 0.5) is 5.82 Å². The number of nitrogens with one attached hydrogen (secondary N) is 2. The predicted octanol–water partition coefficient (Wildman–Crippen LogP) is 3.75. The summed E-state index contributed by atoms with van der Waals surface area (Å²) in [7, 11) is 0. The molecular formula is C17H19N3S. The molecule has 4 heteroatoms. The van der Waals surface area contributed by atoms with Crippen molar-refractivity contribution in [3.8, 4) is 0 Å². The lowest BCUT2D eigenvalue weighted by molar-refractivity contribution is 0.529. The molecule has 1 atom stereocenters. The molecular weight excluding hydrogens is 278 g/mol. The van der Waals surface area contributed by atoms with Gasteiger partial charge < -0.3 is 10.6 Å². The summed E-state index contributed by atoms with van der Waals surface area (Å²) in [4.78, 5) is 4.32. The van der Waals surface area contributed by atoms with Gasteiger partial charge in [-0.25, -0.2) is 4.98 Å². The molecule has 1 heterocycles. The van der Waals surface area contributed by atoms with Gasteiger partial charge in [-0.1, -0.05) is 30.3 Å². The molecule has 0 bridgehead atoms. The molecule has 0 saturated carbocycles. The van der Waals surface area contributed by atoms with Crippen LogP contribution in [0.3, 0.4) is 0 Å². The van der Waals surface area contributed by atoms with Crippen molar-refractivity contribution in [2.24, 2.45) is 0 Å². The van der Waals surface area contributed by atoms with Crippen molar-refractivity contribution < 1.29 is 0 Å². The summed E-state index contributed by atoms with van der Waals surface area (Å²) in [5, 5.41) is 7.21. The summed E-state index contributed by atoms with van der Waals surface area (Å²) >= 11 is 5.42. The van der Waals surface area contributed by atoms with Crippen LogP contribution in [0, 0.1) is 6.92 Å². The van der Waals surface area contributed by atoms with Crippen LogP contribution in [-0.4, -0.2) is 10.1 Å². The fraction of sp³-hybridized carbons (Fsp3) is 0.294. The Bertz CT molecular complexity index is 637. The zero-order chi connectivity index (χ0) is 14.7. The molecule has 0 fully saturated rings. The van der Waals surface area contributed by atoms with Crippen LogP contribution in [0.2, 0.25) is 0 Å². The highest BCUT2D eigenvalue weighted by atomic mass is 32.1. The maximum atomic E-state index is 5.42. The van der Waals surface area contributed by atoms with Crippen molar-refractivity contribution in [1.29, 1.82) is 0 Å². The second kappa shape index (κ2) is 6.22. The van der Waals surface area contributed by atoms with E-state index < -0.39 is 0 Å². The van der Waals surface area contributed by atoms with Crippen LogP contribution in [0.25, 0.3) is 0 Å². The van der Waals surface area contributed by atoms with Crippen LogP contribution in [0.15, 0.2) is 42.6 Å².